The monoisotopic (exact) mass is 320 g/mol. The number of rotatable bonds is 3. The average Bonchev–Trinajstić information content (AvgIpc) is 2.99. The maximum atomic E-state index is 12.0. The fraction of sp³-hybridized carbons (Fsp3) is 0.312. The van der Waals surface area contributed by atoms with Gasteiger partial charge in [-0.2, -0.15) is 0 Å². The predicted molar refractivity (Wildman–Crippen MR) is 88.5 cm³/mol. The Balaban J connectivity index is 1.80. The van der Waals surface area contributed by atoms with Gasteiger partial charge in [0.15, 0.2) is 0 Å². The van der Waals surface area contributed by atoms with Gasteiger partial charge in [-0.15, -0.1) is 11.3 Å². The molecule has 1 aromatic heterocycles. The van der Waals surface area contributed by atoms with Crippen LogP contribution < -0.4 is 5.32 Å². The highest BCUT2D eigenvalue weighted by atomic mass is 35.5. The van der Waals surface area contributed by atoms with Gasteiger partial charge in [0, 0.05) is 30.2 Å². The van der Waals surface area contributed by atoms with Gasteiger partial charge >= 0.3 is 0 Å². The van der Waals surface area contributed by atoms with Crippen molar-refractivity contribution in [3.63, 3.8) is 0 Å². The number of thiophene rings is 1. The quantitative estimate of drug-likeness (QED) is 0.919. The molecule has 1 aromatic carbocycles. The number of amides is 1. The second-order valence-corrected chi connectivity index (χ2v) is 7.21. The molecule has 0 fully saturated rings. The molecule has 0 aliphatic heterocycles. The van der Waals surface area contributed by atoms with Crippen LogP contribution in [0.2, 0.25) is 4.34 Å². The highest BCUT2D eigenvalue weighted by Gasteiger charge is 2.25. The first-order valence-electron chi connectivity index (χ1n) is 6.91. The Bertz CT molecular complexity index is 681. The lowest BCUT2D eigenvalue weighted by molar-refractivity contribution is 0.0827. The van der Waals surface area contributed by atoms with E-state index in [1.54, 1.807) is 30.3 Å². The van der Waals surface area contributed by atoms with E-state index in [2.05, 4.69) is 11.4 Å². The van der Waals surface area contributed by atoms with Crippen molar-refractivity contribution in [2.24, 2.45) is 0 Å². The molecule has 0 spiro atoms. The molecule has 1 heterocycles. The van der Waals surface area contributed by atoms with Gasteiger partial charge in [0.2, 0.25) is 0 Å². The Morgan fingerprint density at radius 3 is 2.95 bits per heavy atom. The Hall–Kier alpha value is -1.52. The summed E-state index contributed by atoms with van der Waals surface area (Å²) in [6.07, 6.45) is 2.14. The van der Waals surface area contributed by atoms with Crippen LogP contribution >= 0.6 is 22.9 Å². The number of benzene rings is 1. The zero-order chi connectivity index (χ0) is 15.0. The number of nitrogens with zero attached hydrogens (tertiary/aromatic N) is 1. The smallest absolute Gasteiger partial charge is 0.253 e. The number of fused-ring (bicyclic) bond motifs is 1. The lowest BCUT2D eigenvalue weighted by Gasteiger charge is -2.16. The van der Waals surface area contributed by atoms with Crippen LogP contribution in [-0.4, -0.2) is 24.9 Å². The van der Waals surface area contributed by atoms with Crippen molar-refractivity contribution < 1.29 is 4.79 Å². The SMILES string of the molecule is CN(C)C(=O)c1cccc(NC2CCc3sc(Cl)cc32)c1. The first kappa shape index (κ1) is 14.4. The van der Waals surface area contributed by atoms with Crippen LogP contribution in [0, 0.1) is 0 Å². The minimum Gasteiger partial charge on any atom is -0.378 e. The van der Waals surface area contributed by atoms with E-state index < -0.39 is 0 Å². The summed E-state index contributed by atoms with van der Waals surface area (Å²) in [5.41, 5.74) is 2.98. The molecule has 110 valence electrons. The van der Waals surface area contributed by atoms with E-state index in [0.29, 0.717) is 5.56 Å². The Morgan fingerprint density at radius 1 is 1.38 bits per heavy atom. The number of anilines is 1. The van der Waals surface area contributed by atoms with Crippen molar-refractivity contribution in [3.05, 3.63) is 50.7 Å². The topological polar surface area (TPSA) is 32.3 Å². The van der Waals surface area contributed by atoms with E-state index in [4.69, 9.17) is 11.6 Å². The molecule has 1 aliphatic rings. The second kappa shape index (κ2) is 5.70. The lowest BCUT2D eigenvalue weighted by atomic mass is 10.1. The van der Waals surface area contributed by atoms with Gasteiger partial charge < -0.3 is 10.2 Å². The molecule has 1 amide bonds. The third-order valence-corrected chi connectivity index (χ3v) is 5.04. The second-order valence-electron chi connectivity index (χ2n) is 5.45. The predicted octanol–water partition coefficient (Wildman–Crippen LogP) is 4.20. The summed E-state index contributed by atoms with van der Waals surface area (Å²) in [6, 6.07) is 10.0. The van der Waals surface area contributed by atoms with Gasteiger partial charge in [0.05, 0.1) is 10.4 Å². The fourth-order valence-corrected chi connectivity index (χ4v) is 4.04. The average molecular weight is 321 g/mol. The zero-order valence-electron chi connectivity index (χ0n) is 12.0. The van der Waals surface area contributed by atoms with Crippen LogP contribution in [-0.2, 0) is 6.42 Å². The minimum atomic E-state index is 0.0179. The number of carbonyl (C=O) groups excluding carboxylic acids is 1. The van der Waals surface area contributed by atoms with Gasteiger partial charge in [0.1, 0.15) is 0 Å². The Morgan fingerprint density at radius 2 is 2.19 bits per heavy atom. The van der Waals surface area contributed by atoms with Crippen molar-refractivity contribution in [1.82, 2.24) is 4.90 Å². The first-order chi connectivity index (χ1) is 10.0. The number of nitrogens with one attached hydrogen (secondary N) is 1. The van der Waals surface area contributed by atoms with Crippen LogP contribution in [0.5, 0.6) is 0 Å². The molecule has 1 atom stereocenters. The molecule has 0 bridgehead atoms. The van der Waals surface area contributed by atoms with Crippen molar-refractivity contribution in [1.29, 1.82) is 0 Å². The van der Waals surface area contributed by atoms with E-state index in [1.165, 1.54) is 10.4 Å². The van der Waals surface area contributed by atoms with Gasteiger partial charge in [-0.05, 0) is 42.7 Å². The van der Waals surface area contributed by atoms with Crippen molar-refractivity contribution in [3.8, 4) is 0 Å². The summed E-state index contributed by atoms with van der Waals surface area (Å²) >= 11 is 7.76. The summed E-state index contributed by atoms with van der Waals surface area (Å²) in [5, 5.41) is 3.52. The molecule has 3 nitrogen and oxygen atoms in total. The lowest BCUT2D eigenvalue weighted by Crippen LogP contribution is -2.21. The Kier molecular flexibility index (Phi) is 3.91. The molecule has 1 aliphatic carbocycles. The zero-order valence-corrected chi connectivity index (χ0v) is 13.6. The number of aryl methyl sites for hydroxylation is 1. The molecule has 1 unspecified atom stereocenters. The molecular weight excluding hydrogens is 304 g/mol. The highest BCUT2D eigenvalue weighted by molar-refractivity contribution is 7.16. The first-order valence-corrected chi connectivity index (χ1v) is 8.10. The molecule has 2 aromatic rings. The van der Waals surface area contributed by atoms with E-state index in [-0.39, 0.29) is 11.9 Å². The molecule has 1 N–H and O–H groups in total. The summed E-state index contributed by atoms with van der Waals surface area (Å²) in [7, 11) is 3.53. The normalized spacial score (nSPS) is 16.6. The Labute approximate surface area is 133 Å². The minimum absolute atomic E-state index is 0.0179. The van der Waals surface area contributed by atoms with E-state index in [9.17, 15) is 4.79 Å². The van der Waals surface area contributed by atoms with E-state index in [1.807, 2.05) is 24.3 Å². The van der Waals surface area contributed by atoms with Gasteiger partial charge in [0.25, 0.3) is 5.91 Å². The van der Waals surface area contributed by atoms with Crippen LogP contribution in [0.3, 0.4) is 0 Å². The maximum Gasteiger partial charge on any atom is 0.253 e. The molecule has 0 saturated carbocycles. The summed E-state index contributed by atoms with van der Waals surface area (Å²) in [4.78, 5) is 15.0. The van der Waals surface area contributed by atoms with Gasteiger partial charge in [-0.1, -0.05) is 17.7 Å². The summed E-state index contributed by atoms with van der Waals surface area (Å²) in [6.45, 7) is 0. The van der Waals surface area contributed by atoms with Gasteiger partial charge in [-0.3, -0.25) is 4.79 Å². The van der Waals surface area contributed by atoms with E-state index in [0.717, 1.165) is 22.9 Å². The fourth-order valence-electron chi connectivity index (χ4n) is 2.68. The van der Waals surface area contributed by atoms with Crippen molar-refractivity contribution in [2.45, 2.75) is 18.9 Å². The van der Waals surface area contributed by atoms with Crippen molar-refractivity contribution >= 4 is 34.5 Å². The number of carbonyl (C=O) groups is 1. The largest absolute Gasteiger partial charge is 0.378 e. The molecule has 0 saturated heterocycles. The number of halogens is 1. The third kappa shape index (κ3) is 2.92. The molecule has 0 radical (unpaired) electrons. The molecule has 5 heteroatoms. The standard InChI is InChI=1S/C16H17ClN2OS/c1-19(2)16(20)10-4-3-5-11(8-10)18-13-6-7-14-12(13)9-15(17)21-14/h3-5,8-9,13,18H,6-7H2,1-2H3. The molecular formula is C16H17ClN2OS. The third-order valence-electron chi connectivity index (χ3n) is 3.70. The van der Waals surface area contributed by atoms with Crippen LogP contribution in [0.25, 0.3) is 0 Å². The van der Waals surface area contributed by atoms with Crippen LogP contribution in [0.4, 0.5) is 5.69 Å². The number of hydrogen-bond acceptors (Lipinski definition) is 3. The maximum absolute atomic E-state index is 12.0. The summed E-state index contributed by atoms with van der Waals surface area (Å²) in [5.74, 6) is 0.0179. The highest BCUT2D eigenvalue weighted by Crippen LogP contribution is 2.40. The van der Waals surface area contributed by atoms with Gasteiger partial charge in [-0.25, -0.2) is 0 Å². The molecule has 3 rings (SSSR count). The summed E-state index contributed by atoms with van der Waals surface area (Å²) < 4.78 is 0.850. The molecule has 21 heavy (non-hydrogen) atoms. The number of hydrogen-bond donors (Lipinski definition) is 1. The van der Waals surface area contributed by atoms with Crippen molar-refractivity contribution in [2.75, 3.05) is 19.4 Å². The van der Waals surface area contributed by atoms with Crippen LogP contribution in [0.1, 0.15) is 33.3 Å². The van der Waals surface area contributed by atoms with E-state index >= 15 is 0 Å². The van der Waals surface area contributed by atoms with Crippen LogP contribution in [0.15, 0.2) is 30.3 Å².